The summed E-state index contributed by atoms with van der Waals surface area (Å²) in [5, 5.41) is 0. The van der Waals surface area contributed by atoms with Gasteiger partial charge in [-0.2, -0.15) is 0 Å². The van der Waals surface area contributed by atoms with Crippen LogP contribution in [-0.2, 0) is 11.0 Å². The van der Waals surface area contributed by atoms with Gasteiger partial charge in [0.25, 0.3) is 0 Å². The largest absolute Gasteiger partial charge is 0.242 e. The third kappa shape index (κ3) is 8.59. The molecule has 0 saturated heterocycles. The summed E-state index contributed by atoms with van der Waals surface area (Å²) >= 11 is 0. The first-order valence-electron chi connectivity index (χ1n) is 6.27. The predicted molar refractivity (Wildman–Crippen MR) is 80.8 cm³/mol. The van der Waals surface area contributed by atoms with E-state index in [0.29, 0.717) is 0 Å². The monoisotopic (exact) mass is 273 g/mol. The molecule has 0 aromatic carbocycles. The summed E-state index contributed by atoms with van der Waals surface area (Å²) in [7, 11) is -2.38. The van der Waals surface area contributed by atoms with E-state index >= 15 is 0 Å². The summed E-state index contributed by atoms with van der Waals surface area (Å²) in [4.78, 5) is 0. The summed E-state index contributed by atoms with van der Waals surface area (Å²) in [6.07, 6.45) is 2.01. The Morgan fingerprint density at radius 3 is 2.18 bits per heavy atom. The van der Waals surface area contributed by atoms with Crippen LogP contribution in [0.25, 0.3) is 0 Å². The Morgan fingerprint density at radius 1 is 1.29 bits per heavy atom. The van der Waals surface area contributed by atoms with Gasteiger partial charge in [-0.25, -0.2) is 8.93 Å². The first-order valence-corrected chi connectivity index (χ1v) is 10.9. The van der Waals surface area contributed by atoms with Crippen molar-refractivity contribution >= 4 is 19.1 Å². The van der Waals surface area contributed by atoms with Crippen LogP contribution in [0.15, 0.2) is 0 Å². The zero-order chi connectivity index (χ0) is 13.7. The van der Waals surface area contributed by atoms with Crippen molar-refractivity contribution in [1.29, 1.82) is 0 Å². The summed E-state index contributed by atoms with van der Waals surface area (Å²) in [6.45, 7) is 14.7. The van der Waals surface area contributed by atoms with Crippen LogP contribution in [0.1, 0.15) is 40.5 Å². The molecule has 0 spiro atoms. The minimum atomic E-state index is -1.35. The van der Waals surface area contributed by atoms with E-state index in [0.717, 1.165) is 12.8 Å². The molecule has 0 bridgehead atoms. The maximum atomic E-state index is 12.0. The van der Waals surface area contributed by atoms with Crippen molar-refractivity contribution in [3.63, 3.8) is 0 Å². The maximum Gasteiger partial charge on any atom is 0.129 e. The van der Waals surface area contributed by atoms with Gasteiger partial charge in [-0.15, -0.1) is 5.54 Å². The van der Waals surface area contributed by atoms with Crippen molar-refractivity contribution in [2.24, 2.45) is 0 Å². The van der Waals surface area contributed by atoms with Gasteiger partial charge >= 0.3 is 0 Å². The number of nitrogens with one attached hydrogen (secondary N) is 1. The Bertz CT molecular complexity index is 317. The molecule has 0 radical (unpaired) electrons. The van der Waals surface area contributed by atoms with Gasteiger partial charge in [-0.3, -0.25) is 0 Å². The second kappa shape index (κ2) is 6.72. The lowest BCUT2D eigenvalue weighted by Gasteiger charge is -2.21. The Kier molecular flexibility index (Phi) is 6.68. The summed E-state index contributed by atoms with van der Waals surface area (Å²) in [5.74, 6) is 3.27. The van der Waals surface area contributed by atoms with Gasteiger partial charge in [0.15, 0.2) is 0 Å². The number of hydrogen-bond donors (Lipinski definition) is 1. The second-order valence-electron chi connectivity index (χ2n) is 6.36. The van der Waals surface area contributed by atoms with Gasteiger partial charge in [0.05, 0.1) is 21.8 Å². The fourth-order valence-electron chi connectivity index (χ4n) is 1.06. The van der Waals surface area contributed by atoms with Crippen molar-refractivity contribution in [1.82, 2.24) is 4.72 Å². The summed E-state index contributed by atoms with van der Waals surface area (Å²) in [6, 6.07) is 0.0618. The van der Waals surface area contributed by atoms with Gasteiger partial charge in [0.1, 0.15) is 8.07 Å². The molecule has 0 heterocycles. The molecule has 0 amide bonds. The molecule has 0 aromatic heterocycles. The molecular formula is C13H27NOSSi. The lowest BCUT2D eigenvalue weighted by molar-refractivity contribution is 0.609. The van der Waals surface area contributed by atoms with E-state index in [1.807, 2.05) is 20.8 Å². The first-order chi connectivity index (χ1) is 7.56. The standard InChI is InChI=1S/C13H27NOSSi/c1-8-9-12(10-11-17(5,6)7)14-16(15)13(2,3)4/h12,14H,8-9H2,1-7H3/t12-,16-/m1/s1. The molecule has 0 aliphatic carbocycles. The third-order valence-corrected chi connectivity index (χ3v) is 4.51. The van der Waals surface area contributed by atoms with Crippen LogP contribution in [-0.4, -0.2) is 23.1 Å². The van der Waals surface area contributed by atoms with Gasteiger partial charge in [0.2, 0.25) is 0 Å². The van der Waals surface area contributed by atoms with Gasteiger partial charge < -0.3 is 0 Å². The summed E-state index contributed by atoms with van der Waals surface area (Å²) in [5.41, 5.74) is 3.36. The first kappa shape index (κ1) is 16.9. The van der Waals surface area contributed by atoms with Crippen molar-refractivity contribution in [3.05, 3.63) is 0 Å². The highest BCUT2D eigenvalue weighted by molar-refractivity contribution is 7.84. The molecule has 0 saturated carbocycles. The van der Waals surface area contributed by atoms with E-state index in [-0.39, 0.29) is 10.8 Å². The van der Waals surface area contributed by atoms with Crippen LogP contribution in [0, 0.1) is 11.5 Å². The maximum absolute atomic E-state index is 12.0. The van der Waals surface area contributed by atoms with Crippen LogP contribution < -0.4 is 4.72 Å². The Hall–Kier alpha value is -0.113. The molecule has 2 atom stereocenters. The highest BCUT2D eigenvalue weighted by Crippen LogP contribution is 2.10. The second-order valence-corrected chi connectivity index (χ2v) is 13.1. The smallest absolute Gasteiger partial charge is 0.129 e. The van der Waals surface area contributed by atoms with Crippen LogP contribution in [0.5, 0.6) is 0 Å². The lowest BCUT2D eigenvalue weighted by Crippen LogP contribution is -2.39. The highest BCUT2D eigenvalue weighted by Gasteiger charge is 2.21. The number of rotatable bonds is 4. The Balaban J connectivity index is 4.65. The molecule has 0 unspecified atom stereocenters. The molecule has 2 nitrogen and oxygen atoms in total. The van der Waals surface area contributed by atoms with Gasteiger partial charge in [0, 0.05) is 0 Å². The Labute approximate surface area is 111 Å². The normalized spacial score (nSPS) is 15.9. The van der Waals surface area contributed by atoms with Gasteiger partial charge in [-0.1, -0.05) is 38.9 Å². The van der Waals surface area contributed by atoms with Crippen LogP contribution in [0.2, 0.25) is 19.6 Å². The van der Waals surface area contributed by atoms with E-state index in [1.165, 1.54) is 0 Å². The number of hydrogen-bond acceptors (Lipinski definition) is 1. The van der Waals surface area contributed by atoms with Crippen LogP contribution in [0.3, 0.4) is 0 Å². The van der Waals surface area contributed by atoms with Crippen molar-refractivity contribution in [3.8, 4) is 11.5 Å². The van der Waals surface area contributed by atoms with Crippen molar-refractivity contribution in [2.45, 2.75) is 71.0 Å². The molecule has 1 N–H and O–H groups in total. The average Bonchev–Trinajstić information content (AvgIpc) is 2.11. The van der Waals surface area contributed by atoms with E-state index in [9.17, 15) is 4.21 Å². The molecule has 4 heteroatoms. The highest BCUT2D eigenvalue weighted by atomic mass is 32.2. The molecule has 17 heavy (non-hydrogen) atoms. The van der Waals surface area contributed by atoms with Crippen molar-refractivity contribution in [2.75, 3.05) is 0 Å². The zero-order valence-corrected chi connectivity index (χ0v) is 14.1. The van der Waals surface area contributed by atoms with Crippen LogP contribution in [0.4, 0.5) is 0 Å². The fraction of sp³-hybridized carbons (Fsp3) is 0.846. The van der Waals surface area contributed by atoms with E-state index in [1.54, 1.807) is 0 Å². The molecule has 0 aliphatic rings. The van der Waals surface area contributed by atoms with Crippen LogP contribution >= 0.6 is 0 Å². The Morgan fingerprint density at radius 2 is 1.82 bits per heavy atom. The van der Waals surface area contributed by atoms with E-state index < -0.39 is 19.1 Å². The molecule has 0 rings (SSSR count). The van der Waals surface area contributed by atoms with Crippen molar-refractivity contribution < 1.29 is 4.21 Å². The molecule has 100 valence electrons. The minimum Gasteiger partial charge on any atom is -0.242 e. The fourth-order valence-corrected chi connectivity index (χ4v) is 2.45. The third-order valence-electron chi connectivity index (χ3n) is 2.00. The molecular weight excluding hydrogens is 246 g/mol. The minimum absolute atomic E-state index is 0.0618. The molecule has 0 fully saturated rings. The summed E-state index contributed by atoms with van der Waals surface area (Å²) < 4.78 is 14.9. The molecule has 0 aromatic rings. The quantitative estimate of drug-likeness (QED) is 0.619. The topological polar surface area (TPSA) is 29.1 Å². The van der Waals surface area contributed by atoms with E-state index in [2.05, 4.69) is 42.8 Å². The average molecular weight is 274 g/mol. The van der Waals surface area contributed by atoms with Gasteiger partial charge in [-0.05, 0) is 27.2 Å². The zero-order valence-electron chi connectivity index (χ0n) is 12.3. The predicted octanol–water partition coefficient (Wildman–Crippen LogP) is 3.09. The SMILES string of the molecule is CCC[C@H](C#C[Si](C)(C)C)N[S@](=O)C(C)(C)C. The molecule has 0 aliphatic heterocycles. The van der Waals surface area contributed by atoms with E-state index in [4.69, 9.17) is 0 Å². The lowest BCUT2D eigenvalue weighted by atomic mass is 10.2.